The van der Waals surface area contributed by atoms with Crippen LogP contribution in [0.1, 0.15) is 72.8 Å². The summed E-state index contributed by atoms with van der Waals surface area (Å²) in [7, 11) is 0. The number of aryl methyl sites for hydroxylation is 2. The lowest BCUT2D eigenvalue weighted by Crippen LogP contribution is -2.30. The van der Waals surface area contributed by atoms with Gasteiger partial charge in [0, 0.05) is 29.7 Å². The Balaban J connectivity index is 1.99. The SMILES string of the molecule is CCCc1c(C(=O)Nc2ccccc2C)c(=O)cc(C)n1CC1CCCCC1. The fourth-order valence-corrected chi connectivity index (χ4v) is 4.35. The van der Waals surface area contributed by atoms with Crippen molar-refractivity contribution in [3.05, 3.63) is 63.1 Å². The molecule has 1 aromatic carbocycles. The van der Waals surface area contributed by atoms with Gasteiger partial charge in [0.2, 0.25) is 0 Å². The van der Waals surface area contributed by atoms with Crippen molar-refractivity contribution in [2.45, 2.75) is 72.3 Å². The predicted octanol–water partition coefficient (Wildman–Crippen LogP) is 5.25. The van der Waals surface area contributed by atoms with E-state index in [1.165, 1.54) is 32.1 Å². The molecule has 1 heterocycles. The van der Waals surface area contributed by atoms with Crippen molar-refractivity contribution in [1.82, 2.24) is 4.57 Å². The molecule has 0 spiro atoms. The maximum atomic E-state index is 13.1. The molecule has 1 amide bonds. The summed E-state index contributed by atoms with van der Waals surface area (Å²) in [6, 6.07) is 9.30. The molecular formula is C24H32N2O2. The summed E-state index contributed by atoms with van der Waals surface area (Å²) < 4.78 is 2.24. The Morgan fingerprint density at radius 1 is 1.14 bits per heavy atom. The number of carbonyl (C=O) groups is 1. The van der Waals surface area contributed by atoms with Gasteiger partial charge in [0.25, 0.3) is 5.91 Å². The summed E-state index contributed by atoms with van der Waals surface area (Å²) in [5, 5.41) is 2.96. The summed E-state index contributed by atoms with van der Waals surface area (Å²) in [6.45, 7) is 6.96. The van der Waals surface area contributed by atoms with Crippen LogP contribution in [0.5, 0.6) is 0 Å². The molecule has 0 unspecified atom stereocenters. The molecule has 150 valence electrons. The highest BCUT2D eigenvalue weighted by atomic mass is 16.2. The van der Waals surface area contributed by atoms with Gasteiger partial charge in [0.05, 0.1) is 0 Å². The molecule has 4 heteroatoms. The molecule has 3 rings (SSSR count). The van der Waals surface area contributed by atoms with Gasteiger partial charge in [0.1, 0.15) is 5.56 Å². The number of anilines is 1. The molecule has 1 saturated carbocycles. The zero-order chi connectivity index (χ0) is 20.1. The van der Waals surface area contributed by atoms with Crippen molar-refractivity contribution in [2.75, 3.05) is 5.32 Å². The quantitative estimate of drug-likeness (QED) is 0.744. The van der Waals surface area contributed by atoms with Crippen molar-refractivity contribution in [1.29, 1.82) is 0 Å². The van der Waals surface area contributed by atoms with Crippen LogP contribution in [0.4, 0.5) is 5.69 Å². The van der Waals surface area contributed by atoms with Crippen LogP contribution in [0.3, 0.4) is 0 Å². The molecule has 0 saturated heterocycles. The molecule has 1 fully saturated rings. The zero-order valence-corrected chi connectivity index (χ0v) is 17.4. The Labute approximate surface area is 168 Å². The number of hydrogen-bond acceptors (Lipinski definition) is 2. The highest BCUT2D eigenvalue weighted by Crippen LogP contribution is 2.27. The van der Waals surface area contributed by atoms with Crippen molar-refractivity contribution in [2.24, 2.45) is 5.92 Å². The first-order chi connectivity index (χ1) is 13.5. The standard InChI is InChI=1S/C24H32N2O2/c1-4-10-21-23(24(28)25-20-14-9-8-11-17(20)2)22(27)15-18(3)26(21)16-19-12-6-5-7-13-19/h8-9,11,14-15,19H,4-7,10,12-13,16H2,1-3H3,(H,25,28). The summed E-state index contributed by atoms with van der Waals surface area (Å²) >= 11 is 0. The molecule has 0 radical (unpaired) electrons. The lowest BCUT2D eigenvalue weighted by Gasteiger charge is -2.27. The van der Waals surface area contributed by atoms with E-state index in [9.17, 15) is 9.59 Å². The van der Waals surface area contributed by atoms with E-state index in [2.05, 4.69) is 16.8 Å². The van der Waals surface area contributed by atoms with Crippen LogP contribution in [0.2, 0.25) is 0 Å². The highest BCUT2D eigenvalue weighted by molar-refractivity contribution is 6.05. The van der Waals surface area contributed by atoms with Gasteiger partial charge in [0.15, 0.2) is 5.43 Å². The van der Waals surface area contributed by atoms with E-state index in [-0.39, 0.29) is 11.3 Å². The monoisotopic (exact) mass is 380 g/mol. The van der Waals surface area contributed by atoms with Gasteiger partial charge in [-0.2, -0.15) is 0 Å². The Kier molecular flexibility index (Phi) is 6.71. The first-order valence-electron chi connectivity index (χ1n) is 10.6. The summed E-state index contributed by atoms with van der Waals surface area (Å²) in [6.07, 6.45) is 8.01. The maximum absolute atomic E-state index is 13.1. The van der Waals surface area contributed by atoms with E-state index in [1.807, 2.05) is 38.1 Å². The average molecular weight is 381 g/mol. The number of nitrogens with zero attached hydrogens (tertiary/aromatic N) is 1. The number of hydrogen-bond donors (Lipinski definition) is 1. The van der Waals surface area contributed by atoms with Crippen LogP contribution in [-0.4, -0.2) is 10.5 Å². The third-order valence-corrected chi connectivity index (χ3v) is 5.90. The van der Waals surface area contributed by atoms with E-state index < -0.39 is 0 Å². The van der Waals surface area contributed by atoms with Gasteiger partial charge in [-0.05, 0) is 50.7 Å². The number of carbonyl (C=O) groups excluding carboxylic acids is 1. The van der Waals surface area contributed by atoms with Gasteiger partial charge < -0.3 is 9.88 Å². The van der Waals surface area contributed by atoms with E-state index in [0.717, 1.165) is 42.0 Å². The van der Waals surface area contributed by atoms with Crippen LogP contribution >= 0.6 is 0 Å². The minimum absolute atomic E-state index is 0.174. The van der Waals surface area contributed by atoms with E-state index in [4.69, 9.17) is 0 Å². The largest absolute Gasteiger partial charge is 0.348 e. The lowest BCUT2D eigenvalue weighted by atomic mass is 9.89. The summed E-state index contributed by atoms with van der Waals surface area (Å²) in [5.41, 5.74) is 3.74. The fourth-order valence-electron chi connectivity index (χ4n) is 4.35. The van der Waals surface area contributed by atoms with Crippen LogP contribution in [0.15, 0.2) is 35.1 Å². The summed E-state index contributed by atoms with van der Waals surface area (Å²) in [4.78, 5) is 25.9. The van der Waals surface area contributed by atoms with Gasteiger partial charge in [-0.1, -0.05) is 50.8 Å². The van der Waals surface area contributed by atoms with Gasteiger partial charge in [-0.3, -0.25) is 9.59 Å². The molecule has 28 heavy (non-hydrogen) atoms. The molecule has 0 aliphatic heterocycles. The molecule has 4 nitrogen and oxygen atoms in total. The van der Waals surface area contributed by atoms with Gasteiger partial charge in [-0.25, -0.2) is 0 Å². The van der Waals surface area contributed by atoms with Crippen molar-refractivity contribution in [3.63, 3.8) is 0 Å². The van der Waals surface area contributed by atoms with Crippen molar-refractivity contribution < 1.29 is 4.79 Å². The van der Waals surface area contributed by atoms with E-state index in [1.54, 1.807) is 6.07 Å². The first kappa shape index (κ1) is 20.4. The Morgan fingerprint density at radius 3 is 2.54 bits per heavy atom. The molecule has 1 aliphatic rings. The smallest absolute Gasteiger partial charge is 0.261 e. The van der Waals surface area contributed by atoms with Gasteiger partial charge in [-0.15, -0.1) is 0 Å². The number of aromatic nitrogens is 1. The highest BCUT2D eigenvalue weighted by Gasteiger charge is 2.22. The second kappa shape index (κ2) is 9.22. The molecule has 1 N–H and O–H groups in total. The number of nitrogens with one attached hydrogen (secondary N) is 1. The molecule has 0 bridgehead atoms. The minimum Gasteiger partial charge on any atom is -0.348 e. The molecule has 2 aromatic rings. The number of benzene rings is 1. The minimum atomic E-state index is -0.292. The topological polar surface area (TPSA) is 51.1 Å². The first-order valence-corrected chi connectivity index (χ1v) is 10.6. The Hall–Kier alpha value is -2.36. The number of amides is 1. The van der Waals surface area contributed by atoms with Crippen LogP contribution < -0.4 is 10.7 Å². The predicted molar refractivity (Wildman–Crippen MR) is 115 cm³/mol. The molecular weight excluding hydrogens is 348 g/mol. The Bertz CT molecular complexity index is 892. The van der Waals surface area contributed by atoms with Gasteiger partial charge >= 0.3 is 0 Å². The third kappa shape index (κ3) is 4.54. The second-order valence-corrected chi connectivity index (χ2v) is 8.11. The Morgan fingerprint density at radius 2 is 1.86 bits per heavy atom. The summed E-state index contributed by atoms with van der Waals surface area (Å²) in [5.74, 6) is 0.345. The maximum Gasteiger partial charge on any atom is 0.261 e. The number of pyridine rings is 1. The van der Waals surface area contributed by atoms with E-state index in [0.29, 0.717) is 11.5 Å². The van der Waals surface area contributed by atoms with E-state index >= 15 is 0 Å². The fraction of sp³-hybridized carbons (Fsp3) is 0.500. The molecule has 1 aromatic heterocycles. The van der Waals surface area contributed by atoms with Crippen LogP contribution in [0, 0.1) is 19.8 Å². The van der Waals surface area contributed by atoms with Crippen LogP contribution in [-0.2, 0) is 13.0 Å². The van der Waals surface area contributed by atoms with Crippen LogP contribution in [0.25, 0.3) is 0 Å². The number of para-hydroxylation sites is 1. The second-order valence-electron chi connectivity index (χ2n) is 8.11. The number of rotatable bonds is 6. The molecule has 0 atom stereocenters. The average Bonchev–Trinajstić information content (AvgIpc) is 2.67. The zero-order valence-electron chi connectivity index (χ0n) is 17.4. The lowest BCUT2D eigenvalue weighted by molar-refractivity contribution is 0.102. The van der Waals surface area contributed by atoms with Crippen molar-refractivity contribution in [3.8, 4) is 0 Å². The van der Waals surface area contributed by atoms with Crippen molar-refractivity contribution >= 4 is 11.6 Å². The normalized spacial score (nSPS) is 14.8. The molecule has 1 aliphatic carbocycles. The third-order valence-electron chi connectivity index (χ3n) is 5.90.